The second-order valence-corrected chi connectivity index (χ2v) is 6.48. The van der Waals surface area contributed by atoms with Gasteiger partial charge in [-0.3, -0.25) is 24.4 Å². The van der Waals surface area contributed by atoms with Crippen molar-refractivity contribution < 1.29 is 22.4 Å². The number of benzene rings is 2. The van der Waals surface area contributed by atoms with Crippen molar-refractivity contribution in [3.05, 3.63) is 73.8 Å². The summed E-state index contributed by atoms with van der Waals surface area (Å²) in [4.78, 5) is 19.8. The number of hydrogen-bond acceptors (Lipinski definition) is 7. The highest BCUT2D eigenvalue weighted by Crippen LogP contribution is 2.28. The van der Waals surface area contributed by atoms with Crippen LogP contribution in [0.3, 0.4) is 0 Å². The van der Waals surface area contributed by atoms with E-state index >= 15 is 0 Å². The average molecular weight is 352 g/mol. The van der Waals surface area contributed by atoms with Gasteiger partial charge in [-0.05, 0) is 30.7 Å². The van der Waals surface area contributed by atoms with Crippen LogP contribution in [0.15, 0.2) is 47.4 Å². The number of nitrogens with zero attached hydrogens (tertiary/aromatic N) is 2. The van der Waals surface area contributed by atoms with Gasteiger partial charge in [0.2, 0.25) is 0 Å². The van der Waals surface area contributed by atoms with E-state index in [4.69, 9.17) is 4.18 Å². The molecule has 2 aromatic rings. The fraction of sp³-hybridized carbons (Fsp3) is 0.143. The Morgan fingerprint density at radius 1 is 0.958 bits per heavy atom. The smallest absolute Gasteiger partial charge is 0.262 e. The number of hydrogen-bond donors (Lipinski definition) is 0. The Morgan fingerprint density at radius 3 is 2.08 bits per heavy atom. The minimum absolute atomic E-state index is 0.0514. The van der Waals surface area contributed by atoms with E-state index in [2.05, 4.69) is 0 Å². The van der Waals surface area contributed by atoms with Crippen LogP contribution in [-0.4, -0.2) is 18.3 Å². The van der Waals surface area contributed by atoms with E-state index in [1.807, 2.05) is 0 Å². The molecule has 0 N–H and O–H groups in total. The molecule has 10 heteroatoms. The van der Waals surface area contributed by atoms with Crippen LogP contribution in [0, 0.1) is 27.2 Å². The van der Waals surface area contributed by atoms with Crippen LogP contribution in [0.1, 0.15) is 11.1 Å². The van der Waals surface area contributed by atoms with Crippen LogP contribution in [0.2, 0.25) is 0 Å². The maximum absolute atomic E-state index is 12.0. The number of nitro groups is 2. The molecule has 126 valence electrons. The van der Waals surface area contributed by atoms with Crippen LogP contribution >= 0.6 is 0 Å². The largest absolute Gasteiger partial charge is 0.346 e. The molecule has 0 atom stereocenters. The molecule has 2 rings (SSSR count). The maximum Gasteiger partial charge on any atom is 0.346 e. The zero-order valence-electron chi connectivity index (χ0n) is 12.4. The molecule has 0 aliphatic carbocycles. The maximum atomic E-state index is 12.0. The van der Waals surface area contributed by atoms with Gasteiger partial charge in [-0.2, -0.15) is 8.42 Å². The van der Waals surface area contributed by atoms with Gasteiger partial charge < -0.3 is 0 Å². The lowest BCUT2D eigenvalue weighted by molar-refractivity contribution is -0.422. The molecule has 2 aromatic carbocycles. The summed E-state index contributed by atoms with van der Waals surface area (Å²) in [7, 11) is -4.04. The molecule has 0 unspecified atom stereocenters. The average Bonchev–Trinajstić information content (AvgIpc) is 2.53. The lowest BCUT2D eigenvalue weighted by Crippen LogP contribution is -2.07. The zero-order valence-corrected chi connectivity index (χ0v) is 13.2. The Morgan fingerprint density at radius 2 is 1.54 bits per heavy atom. The molecule has 0 aliphatic rings. The fourth-order valence-electron chi connectivity index (χ4n) is 1.88. The van der Waals surface area contributed by atoms with Gasteiger partial charge >= 0.3 is 11.4 Å². The molecule has 0 saturated carbocycles. The monoisotopic (exact) mass is 352 g/mol. The predicted octanol–water partition coefficient (Wildman–Crippen LogP) is 2.72. The van der Waals surface area contributed by atoms with Gasteiger partial charge in [-0.1, -0.05) is 17.7 Å². The van der Waals surface area contributed by atoms with E-state index < -0.39 is 37.9 Å². The molecular formula is C14H12N2O7S. The molecule has 0 radical (unpaired) electrons. The first kappa shape index (κ1) is 17.5. The third-order valence-electron chi connectivity index (χ3n) is 3.12. The second kappa shape index (κ2) is 6.72. The number of nitro benzene ring substituents is 2. The van der Waals surface area contributed by atoms with Crippen molar-refractivity contribution in [2.45, 2.75) is 18.4 Å². The standard InChI is InChI=1S/C14H12N2O7S/c1-10-2-5-12(6-3-10)24(21,22)23-9-11-4-7-13(15(17)18)14(8-11)16(19)20/h2-8H,9H2,1H3. The highest BCUT2D eigenvalue weighted by Gasteiger charge is 2.24. The summed E-state index contributed by atoms with van der Waals surface area (Å²) in [5.41, 5.74) is -0.401. The molecule has 0 aromatic heterocycles. The SMILES string of the molecule is Cc1ccc(S(=O)(=O)OCc2ccc([N+](=O)[O-])c([N+](=O)[O-])c2)cc1. The van der Waals surface area contributed by atoms with E-state index in [-0.39, 0.29) is 10.5 Å². The van der Waals surface area contributed by atoms with Gasteiger partial charge in [0, 0.05) is 12.1 Å². The molecule has 0 saturated heterocycles. The van der Waals surface area contributed by atoms with Crippen LogP contribution in [0.4, 0.5) is 11.4 Å². The van der Waals surface area contributed by atoms with Crippen LogP contribution in [0.25, 0.3) is 0 Å². The molecule has 0 fully saturated rings. The van der Waals surface area contributed by atoms with E-state index in [9.17, 15) is 28.6 Å². The Hall–Kier alpha value is -2.85. The van der Waals surface area contributed by atoms with E-state index in [1.165, 1.54) is 18.2 Å². The fourth-order valence-corrected chi connectivity index (χ4v) is 2.77. The van der Waals surface area contributed by atoms with Crippen molar-refractivity contribution in [1.29, 1.82) is 0 Å². The number of aryl methyl sites for hydroxylation is 1. The van der Waals surface area contributed by atoms with E-state index in [1.54, 1.807) is 19.1 Å². The Balaban J connectivity index is 2.22. The summed E-state index contributed by atoms with van der Waals surface area (Å²) in [6.45, 7) is 1.32. The molecule has 0 heterocycles. The Bertz CT molecular complexity index is 892. The predicted molar refractivity (Wildman–Crippen MR) is 82.9 cm³/mol. The van der Waals surface area contributed by atoms with Crippen molar-refractivity contribution in [3.8, 4) is 0 Å². The van der Waals surface area contributed by atoms with E-state index in [0.29, 0.717) is 0 Å². The lowest BCUT2D eigenvalue weighted by atomic mass is 10.2. The molecule has 24 heavy (non-hydrogen) atoms. The first-order valence-electron chi connectivity index (χ1n) is 6.58. The molecule has 0 spiro atoms. The molecule has 0 aliphatic heterocycles. The topological polar surface area (TPSA) is 130 Å². The summed E-state index contributed by atoms with van der Waals surface area (Å²) < 4.78 is 28.9. The summed E-state index contributed by atoms with van der Waals surface area (Å²) in [5, 5.41) is 21.6. The molecule has 9 nitrogen and oxygen atoms in total. The quantitative estimate of drug-likeness (QED) is 0.444. The van der Waals surface area contributed by atoms with Crippen molar-refractivity contribution in [3.63, 3.8) is 0 Å². The van der Waals surface area contributed by atoms with Crippen LogP contribution in [-0.2, 0) is 20.9 Å². The zero-order chi connectivity index (χ0) is 17.9. The third-order valence-corrected chi connectivity index (χ3v) is 4.40. The van der Waals surface area contributed by atoms with Gasteiger partial charge in [-0.25, -0.2) is 0 Å². The highest BCUT2D eigenvalue weighted by atomic mass is 32.2. The van der Waals surface area contributed by atoms with Crippen molar-refractivity contribution in [1.82, 2.24) is 0 Å². The summed E-state index contributed by atoms with van der Waals surface area (Å²) in [6.07, 6.45) is 0. The molecule has 0 amide bonds. The minimum atomic E-state index is -4.04. The molecular weight excluding hydrogens is 340 g/mol. The first-order valence-corrected chi connectivity index (χ1v) is 7.99. The van der Waals surface area contributed by atoms with Crippen LogP contribution in [0.5, 0.6) is 0 Å². The van der Waals surface area contributed by atoms with Crippen molar-refractivity contribution in [2.75, 3.05) is 0 Å². The van der Waals surface area contributed by atoms with Crippen molar-refractivity contribution in [2.24, 2.45) is 0 Å². The Kier molecular flexibility index (Phi) is 4.90. The van der Waals surface area contributed by atoms with E-state index in [0.717, 1.165) is 17.7 Å². The summed E-state index contributed by atoms with van der Waals surface area (Å²) in [6, 6.07) is 9.03. The highest BCUT2D eigenvalue weighted by molar-refractivity contribution is 7.86. The van der Waals surface area contributed by atoms with Gasteiger partial charge in [-0.15, -0.1) is 0 Å². The summed E-state index contributed by atoms with van der Waals surface area (Å²) >= 11 is 0. The van der Waals surface area contributed by atoms with Crippen LogP contribution < -0.4 is 0 Å². The van der Waals surface area contributed by atoms with Gasteiger partial charge in [0.25, 0.3) is 10.1 Å². The second-order valence-electron chi connectivity index (χ2n) is 4.87. The summed E-state index contributed by atoms with van der Waals surface area (Å²) in [5.74, 6) is 0. The lowest BCUT2D eigenvalue weighted by Gasteiger charge is -2.06. The molecule has 0 bridgehead atoms. The number of rotatable bonds is 6. The van der Waals surface area contributed by atoms with Gasteiger partial charge in [0.1, 0.15) is 0 Å². The third kappa shape index (κ3) is 3.91. The van der Waals surface area contributed by atoms with Crippen molar-refractivity contribution >= 4 is 21.5 Å². The normalized spacial score (nSPS) is 11.2. The van der Waals surface area contributed by atoms with Gasteiger partial charge in [0.05, 0.1) is 21.3 Å². The first-order chi connectivity index (χ1) is 11.2. The Labute approximate surface area is 136 Å². The van der Waals surface area contributed by atoms with Gasteiger partial charge in [0.15, 0.2) is 0 Å². The minimum Gasteiger partial charge on any atom is -0.262 e.